The van der Waals surface area contributed by atoms with Crippen molar-refractivity contribution in [1.29, 1.82) is 0 Å². The van der Waals surface area contributed by atoms with Gasteiger partial charge in [-0.15, -0.1) is 0 Å². The molecule has 3 saturated heterocycles. The molecule has 0 aromatic heterocycles. The van der Waals surface area contributed by atoms with E-state index < -0.39 is 122 Å². The number of hydrogen-bond donors (Lipinski definition) is 8. The minimum Gasteiger partial charge on any atom is -0.508 e. The second-order valence-electron chi connectivity index (χ2n) is 14.4. The molecule has 1 aliphatic carbocycles. The Kier molecular flexibility index (Phi) is 12.0. The Bertz CT molecular complexity index is 1810. The lowest BCUT2D eigenvalue weighted by atomic mass is 9.85. The molecule has 0 spiro atoms. The van der Waals surface area contributed by atoms with Gasteiger partial charge in [0.05, 0.1) is 37.6 Å². The number of phenols is 2. The van der Waals surface area contributed by atoms with Gasteiger partial charge in [-0.3, -0.25) is 0 Å². The lowest BCUT2D eigenvalue weighted by Crippen LogP contribution is -2.61. The smallest absolute Gasteiger partial charge is 0.331 e. The Hall–Kier alpha value is -4.44. The standard InChI is InChI=1S/C39H44O18/c1-18-28(46)33(53-25(44)12-6-19-2-8-21(42)9-3-19)34(54-26(45)13-7-20-4-10-22(43)11-5-20)38(51-18)55-32-23-14-15-50-36(27(23)39(17-41)35(32)57-39)56-37-31(49)30(48)29(47)24(16-40)52-37/h2-15,18,23-24,27-38,40-43,46-49H,16-17H2,1H3/t18-,23+,24+,27+,28-,29+,30-,31+,32-,33+,34+,35-,36-,37-,38-,39+/m0/s1. The number of carbonyl (C=O) groups is 2. The fourth-order valence-electron chi connectivity index (χ4n) is 7.67. The Labute approximate surface area is 325 Å². The Morgan fingerprint density at radius 2 is 1.32 bits per heavy atom. The minimum absolute atomic E-state index is 0.0199. The zero-order valence-electron chi connectivity index (χ0n) is 30.3. The Morgan fingerprint density at radius 1 is 0.719 bits per heavy atom. The van der Waals surface area contributed by atoms with Crippen LogP contribution in [0.25, 0.3) is 12.2 Å². The molecular weight excluding hydrogens is 756 g/mol. The van der Waals surface area contributed by atoms with Crippen LogP contribution in [0, 0.1) is 11.8 Å². The molecule has 0 bridgehead atoms. The number of benzene rings is 2. The van der Waals surface area contributed by atoms with Gasteiger partial charge >= 0.3 is 11.9 Å². The first-order valence-electron chi connectivity index (χ1n) is 18.2. The maximum atomic E-state index is 13.3. The lowest BCUT2D eigenvalue weighted by molar-refractivity contribution is -0.347. The van der Waals surface area contributed by atoms with Gasteiger partial charge in [0.25, 0.3) is 0 Å². The predicted octanol–water partition coefficient (Wildman–Crippen LogP) is -0.799. The van der Waals surface area contributed by atoms with E-state index in [9.17, 15) is 50.4 Å². The summed E-state index contributed by atoms with van der Waals surface area (Å²) in [5.74, 6) is -3.29. The summed E-state index contributed by atoms with van der Waals surface area (Å²) >= 11 is 0. The first-order valence-corrected chi connectivity index (χ1v) is 18.2. The normalized spacial score (nSPS) is 39.7. The van der Waals surface area contributed by atoms with Crippen molar-refractivity contribution in [3.63, 3.8) is 0 Å². The molecule has 18 heteroatoms. The second-order valence-corrected chi connectivity index (χ2v) is 14.4. The quantitative estimate of drug-likeness (QED) is 0.0742. The first-order chi connectivity index (χ1) is 27.3. The average molecular weight is 801 g/mol. The van der Waals surface area contributed by atoms with Crippen LogP contribution in [-0.4, -0.2) is 152 Å². The molecule has 4 aliphatic heterocycles. The van der Waals surface area contributed by atoms with Gasteiger partial charge in [0.15, 0.2) is 24.8 Å². The highest BCUT2D eigenvalue weighted by Crippen LogP contribution is 2.61. The summed E-state index contributed by atoms with van der Waals surface area (Å²) in [6, 6.07) is 11.9. The SMILES string of the molecule is C[C@@H]1O[C@@H](O[C@H]2[C@@H]3C=CO[C@@H](O[C@@H]4O[C@H](CO)[C@@H](O)[C@H](O)[C@H]4O)[C@@H]3[C@@]3(CO)O[C@@H]23)[C@H](OC(=O)C=Cc2ccc(O)cc2)[C@H](OC(=O)C=Cc2ccc(O)cc2)[C@H]1O. The van der Waals surface area contributed by atoms with Crippen molar-refractivity contribution in [1.82, 2.24) is 0 Å². The second kappa shape index (κ2) is 16.8. The molecule has 0 unspecified atom stereocenters. The van der Waals surface area contributed by atoms with Gasteiger partial charge < -0.3 is 78.7 Å². The van der Waals surface area contributed by atoms with Crippen LogP contribution in [0.1, 0.15) is 18.1 Å². The van der Waals surface area contributed by atoms with Gasteiger partial charge in [-0.2, -0.15) is 0 Å². The van der Waals surface area contributed by atoms with Gasteiger partial charge in [-0.05, 0) is 60.5 Å². The van der Waals surface area contributed by atoms with Crippen LogP contribution >= 0.6 is 0 Å². The van der Waals surface area contributed by atoms with Gasteiger partial charge in [0.2, 0.25) is 6.29 Å². The highest BCUT2D eigenvalue weighted by molar-refractivity contribution is 5.88. The molecule has 2 aromatic rings. The van der Waals surface area contributed by atoms with Crippen molar-refractivity contribution in [3.8, 4) is 11.5 Å². The molecule has 7 rings (SSSR count). The number of aromatic hydroxyl groups is 2. The maximum Gasteiger partial charge on any atom is 0.331 e. The number of phenolic OH excluding ortho intramolecular Hbond substituents is 2. The summed E-state index contributed by atoms with van der Waals surface area (Å²) in [7, 11) is 0. The fourth-order valence-corrected chi connectivity index (χ4v) is 7.67. The molecular formula is C39H44O18. The molecule has 16 atom stereocenters. The molecule has 8 N–H and O–H groups in total. The highest BCUT2D eigenvalue weighted by Gasteiger charge is 2.77. The van der Waals surface area contributed by atoms with Crippen LogP contribution in [0.4, 0.5) is 0 Å². The van der Waals surface area contributed by atoms with Crippen LogP contribution < -0.4 is 0 Å². The van der Waals surface area contributed by atoms with E-state index in [1.807, 2.05) is 0 Å². The number of carbonyl (C=O) groups excluding carboxylic acids is 2. The van der Waals surface area contributed by atoms with Crippen molar-refractivity contribution in [3.05, 3.63) is 84.1 Å². The molecule has 4 fully saturated rings. The largest absolute Gasteiger partial charge is 0.508 e. The molecule has 2 aromatic carbocycles. The van der Waals surface area contributed by atoms with E-state index >= 15 is 0 Å². The number of esters is 2. The van der Waals surface area contributed by atoms with Crippen LogP contribution in [0.15, 0.2) is 73.0 Å². The van der Waals surface area contributed by atoms with E-state index in [1.165, 1.54) is 49.6 Å². The summed E-state index contributed by atoms with van der Waals surface area (Å²) in [5, 5.41) is 82.0. The molecule has 18 nitrogen and oxygen atoms in total. The van der Waals surface area contributed by atoms with Crippen molar-refractivity contribution in [2.75, 3.05) is 13.2 Å². The lowest BCUT2D eigenvalue weighted by Gasteiger charge is -2.44. The summed E-state index contributed by atoms with van der Waals surface area (Å²) in [4.78, 5) is 26.5. The van der Waals surface area contributed by atoms with Gasteiger partial charge in [0.1, 0.15) is 53.7 Å². The van der Waals surface area contributed by atoms with Gasteiger partial charge in [0, 0.05) is 18.1 Å². The minimum atomic E-state index is -1.75. The van der Waals surface area contributed by atoms with Crippen LogP contribution in [0.3, 0.4) is 0 Å². The molecule has 5 aliphatic rings. The summed E-state index contributed by atoms with van der Waals surface area (Å²) < 4.78 is 47.3. The van der Waals surface area contributed by atoms with E-state index in [2.05, 4.69) is 0 Å². The van der Waals surface area contributed by atoms with Crippen molar-refractivity contribution < 1.29 is 88.3 Å². The zero-order valence-corrected chi connectivity index (χ0v) is 30.3. The molecule has 57 heavy (non-hydrogen) atoms. The van der Waals surface area contributed by atoms with Gasteiger partial charge in [-0.25, -0.2) is 9.59 Å². The number of aliphatic hydroxyl groups is 6. The van der Waals surface area contributed by atoms with E-state index in [4.69, 9.17) is 37.9 Å². The third kappa shape index (κ3) is 8.30. The van der Waals surface area contributed by atoms with E-state index in [-0.39, 0.29) is 11.5 Å². The van der Waals surface area contributed by atoms with Crippen molar-refractivity contribution in [2.45, 2.75) is 92.4 Å². The van der Waals surface area contributed by atoms with Crippen LogP contribution in [0.5, 0.6) is 11.5 Å². The number of aliphatic hydroxyl groups excluding tert-OH is 6. The number of epoxide rings is 1. The Balaban J connectivity index is 1.13. The third-order valence-corrected chi connectivity index (χ3v) is 10.8. The van der Waals surface area contributed by atoms with Crippen LogP contribution in [-0.2, 0) is 47.5 Å². The van der Waals surface area contributed by atoms with Crippen molar-refractivity contribution in [2.24, 2.45) is 11.8 Å². The molecule has 1 saturated carbocycles. The zero-order chi connectivity index (χ0) is 40.6. The number of rotatable bonds is 12. The number of fused-ring (bicyclic) bond motifs is 3. The summed E-state index contributed by atoms with van der Waals surface area (Å²) in [6.07, 6.45) is -10.2. The molecule has 308 valence electrons. The van der Waals surface area contributed by atoms with Crippen LogP contribution in [0.2, 0.25) is 0 Å². The van der Waals surface area contributed by atoms with Gasteiger partial charge in [-0.1, -0.05) is 24.3 Å². The molecule has 4 heterocycles. The molecule has 0 radical (unpaired) electrons. The average Bonchev–Trinajstić information content (AvgIpc) is 3.88. The topological polar surface area (TPSA) is 273 Å². The number of hydrogen-bond acceptors (Lipinski definition) is 18. The summed E-state index contributed by atoms with van der Waals surface area (Å²) in [6.45, 7) is 0.264. The highest BCUT2D eigenvalue weighted by atomic mass is 16.8. The maximum absolute atomic E-state index is 13.3. The first kappa shape index (κ1) is 40.7. The monoisotopic (exact) mass is 800 g/mol. The Morgan fingerprint density at radius 3 is 1.89 bits per heavy atom. The van der Waals surface area contributed by atoms with Crippen molar-refractivity contribution >= 4 is 24.1 Å². The fraction of sp³-hybridized carbons (Fsp3) is 0.487. The van der Waals surface area contributed by atoms with E-state index in [1.54, 1.807) is 30.3 Å². The number of ether oxygens (including phenoxy) is 8. The van der Waals surface area contributed by atoms with E-state index in [0.717, 1.165) is 12.2 Å². The summed E-state index contributed by atoms with van der Waals surface area (Å²) in [5.41, 5.74) is -0.216. The molecule has 0 amide bonds. The predicted molar refractivity (Wildman–Crippen MR) is 190 cm³/mol. The van der Waals surface area contributed by atoms with E-state index in [0.29, 0.717) is 11.1 Å². The third-order valence-electron chi connectivity index (χ3n) is 10.8.